The van der Waals surface area contributed by atoms with Crippen molar-refractivity contribution in [2.24, 2.45) is 24.6 Å². The molecule has 1 fully saturated rings. The molecule has 5 nitrogen and oxygen atoms in total. The third-order valence-corrected chi connectivity index (χ3v) is 4.21. The summed E-state index contributed by atoms with van der Waals surface area (Å²) in [6.07, 6.45) is 7.80. The Morgan fingerprint density at radius 3 is 2.68 bits per heavy atom. The molecule has 0 radical (unpaired) electrons. The van der Waals surface area contributed by atoms with Crippen molar-refractivity contribution in [3.8, 4) is 0 Å². The van der Waals surface area contributed by atoms with Crippen LogP contribution in [0, 0.1) is 11.8 Å². The molecule has 1 aliphatic carbocycles. The minimum atomic E-state index is 0.174. The van der Waals surface area contributed by atoms with Gasteiger partial charge in [0.1, 0.15) is 5.82 Å². The summed E-state index contributed by atoms with van der Waals surface area (Å²) >= 11 is 0. The third kappa shape index (κ3) is 3.35. The summed E-state index contributed by atoms with van der Waals surface area (Å²) in [6.45, 7) is 1.34. The summed E-state index contributed by atoms with van der Waals surface area (Å²) in [4.78, 5) is 18.5. The zero-order valence-corrected chi connectivity index (χ0v) is 11.9. The number of hydrogen-bond donors (Lipinski definition) is 1. The highest BCUT2D eigenvalue weighted by molar-refractivity contribution is 5.78. The number of amides is 1. The lowest BCUT2D eigenvalue weighted by Crippen LogP contribution is -2.36. The molecule has 1 aliphatic rings. The second-order valence-corrected chi connectivity index (χ2v) is 5.60. The van der Waals surface area contributed by atoms with Crippen LogP contribution in [0.3, 0.4) is 0 Å². The van der Waals surface area contributed by atoms with E-state index in [1.807, 2.05) is 24.9 Å². The fourth-order valence-corrected chi connectivity index (χ4v) is 2.80. The van der Waals surface area contributed by atoms with E-state index in [9.17, 15) is 4.79 Å². The van der Waals surface area contributed by atoms with Gasteiger partial charge in [0.25, 0.3) is 0 Å². The van der Waals surface area contributed by atoms with Crippen molar-refractivity contribution in [1.82, 2.24) is 14.5 Å². The van der Waals surface area contributed by atoms with Crippen molar-refractivity contribution in [3.05, 3.63) is 18.2 Å². The first-order chi connectivity index (χ1) is 9.11. The van der Waals surface area contributed by atoms with E-state index >= 15 is 0 Å². The van der Waals surface area contributed by atoms with Crippen molar-refractivity contribution in [1.29, 1.82) is 0 Å². The first-order valence-corrected chi connectivity index (χ1v) is 7.03. The van der Waals surface area contributed by atoms with Crippen LogP contribution in [0.2, 0.25) is 0 Å². The molecular formula is C14H24N4O. The van der Waals surface area contributed by atoms with E-state index in [2.05, 4.69) is 4.98 Å². The first-order valence-electron chi connectivity index (χ1n) is 7.03. The molecule has 0 aliphatic heterocycles. The average Bonchev–Trinajstić information content (AvgIpc) is 2.83. The highest BCUT2D eigenvalue weighted by atomic mass is 16.2. The molecular weight excluding hydrogens is 240 g/mol. The molecule has 1 aromatic heterocycles. The average molecular weight is 264 g/mol. The molecule has 2 N–H and O–H groups in total. The van der Waals surface area contributed by atoms with E-state index in [0.717, 1.165) is 38.1 Å². The molecule has 1 heterocycles. The van der Waals surface area contributed by atoms with E-state index in [-0.39, 0.29) is 11.8 Å². The van der Waals surface area contributed by atoms with Crippen LogP contribution in [0.1, 0.15) is 31.5 Å². The largest absolute Gasteiger partial charge is 0.338 e. The number of aryl methyl sites for hydroxylation is 1. The molecule has 0 aromatic carbocycles. The van der Waals surface area contributed by atoms with E-state index in [4.69, 9.17) is 5.73 Å². The van der Waals surface area contributed by atoms with Crippen molar-refractivity contribution in [3.63, 3.8) is 0 Å². The lowest BCUT2D eigenvalue weighted by Gasteiger charge is -2.29. The van der Waals surface area contributed by atoms with Crippen molar-refractivity contribution in [2.45, 2.75) is 32.2 Å². The maximum Gasteiger partial charge on any atom is 0.225 e. The molecule has 5 heteroatoms. The van der Waals surface area contributed by atoms with Gasteiger partial charge in [-0.2, -0.15) is 0 Å². The summed E-state index contributed by atoms with van der Waals surface area (Å²) in [7, 11) is 3.82. The number of aromatic nitrogens is 2. The van der Waals surface area contributed by atoms with Gasteiger partial charge in [-0.3, -0.25) is 4.79 Å². The predicted octanol–water partition coefficient (Wildman–Crippen LogP) is 1.14. The molecule has 2 rings (SSSR count). The highest BCUT2D eigenvalue weighted by Gasteiger charge is 2.27. The Hall–Kier alpha value is -1.36. The van der Waals surface area contributed by atoms with Gasteiger partial charge >= 0.3 is 0 Å². The molecule has 0 unspecified atom stereocenters. The fourth-order valence-electron chi connectivity index (χ4n) is 2.80. The molecule has 19 heavy (non-hydrogen) atoms. The van der Waals surface area contributed by atoms with Crippen LogP contribution in [0.5, 0.6) is 0 Å². The van der Waals surface area contributed by atoms with Crippen LogP contribution >= 0.6 is 0 Å². The number of nitrogens with two attached hydrogens (primary N) is 1. The van der Waals surface area contributed by atoms with Gasteiger partial charge in [0.15, 0.2) is 0 Å². The lowest BCUT2D eigenvalue weighted by atomic mass is 9.81. The number of rotatable bonds is 4. The normalized spacial score (nSPS) is 23.3. The standard InChI is InChI=1S/C14H24N4O/c1-17-8-7-16-13(17)10-18(2)14(19)12-5-3-11(9-15)4-6-12/h7-8,11-12H,3-6,9-10,15H2,1-2H3. The SMILES string of the molecule is CN(Cc1nccn1C)C(=O)C1CCC(CN)CC1. The molecule has 1 saturated carbocycles. The number of hydrogen-bond acceptors (Lipinski definition) is 3. The third-order valence-electron chi connectivity index (χ3n) is 4.21. The number of carbonyl (C=O) groups is 1. The maximum atomic E-state index is 12.4. The Morgan fingerprint density at radius 2 is 2.16 bits per heavy atom. The summed E-state index contributed by atoms with van der Waals surface area (Å²) in [5.41, 5.74) is 5.69. The van der Waals surface area contributed by atoms with Crippen LogP contribution < -0.4 is 5.73 Å². The second-order valence-electron chi connectivity index (χ2n) is 5.60. The van der Waals surface area contributed by atoms with Gasteiger partial charge in [0.05, 0.1) is 6.54 Å². The number of nitrogens with zero attached hydrogens (tertiary/aromatic N) is 3. The van der Waals surface area contributed by atoms with Gasteiger partial charge in [-0.25, -0.2) is 4.98 Å². The van der Waals surface area contributed by atoms with Crippen LogP contribution in [-0.4, -0.2) is 34.0 Å². The molecule has 0 atom stereocenters. The van der Waals surface area contributed by atoms with Crippen molar-refractivity contribution in [2.75, 3.05) is 13.6 Å². The van der Waals surface area contributed by atoms with Gasteiger partial charge in [0, 0.05) is 32.4 Å². The van der Waals surface area contributed by atoms with E-state index < -0.39 is 0 Å². The van der Waals surface area contributed by atoms with Crippen LogP contribution in [-0.2, 0) is 18.4 Å². The van der Waals surface area contributed by atoms with E-state index in [0.29, 0.717) is 12.5 Å². The van der Waals surface area contributed by atoms with E-state index in [1.54, 1.807) is 11.1 Å². The molecule has 0 spiro atoms. The minimum Gasteiger partial charge on any atom is -0.338 e. The van der Waals surface area contributed by atoms with Crippen LogP contribution in [0.15, 0.2) is 12.4 Å². The van der Waals surface area contributed by atoms with Gasteiger partial charge in [-0.15, -0.1) is 0 Å². The Bertz CT molecular complexity index is 421. The Labute approximate surface area is 114 Å². The fraction of sp³-hybridized carbons (Fsp3) is 0.714. The van der Waals surface area contributed by atoms with Crippen LogP contribution in [0.4, 0.5) is 0 Å². The van der Waals surface area contributed by atoms with Gasteiger partial charge in [-0.05, 0) is 38.1 Å². The smallest absolute Gasteiger partial charge is 0.225 e. The Morgan fingerprint density at radius 1 is 1.47 bits per heavy atom. The molecule has 1 amide bonds. The molecule has 1 aromatic rings. The monoisotopic (exact) mass is 264 g/mol. The summed E-state index contributed by atoms with van der Waals surface area (Å²) in [5, 5.41) is 0. The van der Waals surface area contributed by atoms with Crippen molar-refractivity contribution >= 4 is 5.91 Å². The zero-order valence-electron chi connectivity index (χ0n) is 11.9. The molecule has 106 valence electrons. The molecule has 0 saturated heterocycles. The van der Waals surface area contributed by atoms with Gasteiger partial charge < -0.3 is 15.2 Å². The summed E-state index contributed by atoms with van der Waals surface area (Å²) < 4.78 is 1.95. The van der Waals surface area contributed by atoms with E-state index in [1.165, 1.54) is 0 Å². The first kappa shape index (κ1) is 14.1. The topological polar surface area (TPSA) is 64.2 Å². The van der Waals surface area contributed by atoms with Gasteiger partial charge in [0.2, 0.25) is 5.91 Å². The van der Waals surface area contributed by atoms with Crippen molar-refractivity contribution < 1.29 is 4.79 Å². The Kier molecular flexibility index (Phi) is 4.58. The van der Waals surface area contributed by atoms with Gasteiger partial charge in [-0.1, -0.05) is 0 Å². The quantitative estimate of drug-likeness (QED) is 0.887. The minimum absolute atomic E-state index is 0.174. The predicted molar refractivity (Wildman–Crippen MR) is 74.2 cm³/mol. The second kappa shape index (κ2) is 6.19. The lowest BCUT2D eigenvalue weighted by molar-refractivity contribution is -0.136. The molecule has 0 bridgehead atoms. The summed E-state index contributed by atoms with van der Waals surface area (Å²) in [6, 6.07) is 0. The highest BCUT2D eigenvalue weighted by Crippen LogP contribution is 2.29. The number of carbonyl (C=O) groups excluding carboxylic acids is 1. The summed E-state index contributed by atoms with van der Waals surface area (Å²) in [5.74, 6) is 1.96. The Balaban J connectivity index is 1.88. The van der Waals surface area contributed by atoms with Crippen LogP contribution in [0.25, 0.3) is 0 Å². The zero-order chi connectivity index (χ0) is 13.8. The number of imidazole rings is 1. The maximum absolute atomic E-state index is 12.4.